The molecule has 2 rings (SSSR count). The van der Waals surface area contributed by atoms with Crippen molar-refractivity contribution in [3.63, 3.8) is 0 Å². The lowest BCUT2D eigenvalue weighted by molar-refractivity contribution is -0.384. The van der Waals surface area contributed by atoms with Crippen LogP contribution < -0.4 is 5.32 Å². The molecule has 9 nitrogen and oxygen atoms in total. The Morgan fingerprint density at radius 1 is 1.50 bits per heavy atom. The van der Waals surface area contributed by atoms with Crippen LogP contribution in [-0.2, 0) is 13.6 Å². The highest BCUT2D eigenvalue weighted by Gasteiger charge is 2.28. The van der Waals surface area contributed by atoms with Gasteiger partial charge in [-0.1, -0.05) is 19.0 Å². The first-order chi connectivity index (χ1) is 9.40. The lowest BCUT2D eigenvalue weighted by atomic mass is 10.1. The van der Waals surface area contributed by atoms with E-state index in [1.807, 2.05) is 13.8 Å². The van der Waals surface area contributed by atoms with Gasteiger partial charge in [-0.3, -0.25) is 10.1 Å². The van der Waals surface area contributed by atoms with Crippen LogP contribution in [0.3, 0.4) is 0 Å². The summed E-state index contributed by atoms with van der Waals surface area (Å²) in [6.45, 7) is 5.64. The molecule has 9 heteroatoms. The number of rotatable bonds is 5. The summed E-state index contributed by atoms with van der Waals surface area (Å²) >= 11 is 0. The highest BCUT2D eigenvalue weighted by molar-refractivity contribution is 5.60. The first-order valence-electron chi connectivity index (χ1n) is 6.14. The van der Waals surface area contributed by atoms with Gasteiger partial charge in [-0.05, 0) is 0 Å². The molecule has 2 aromatic heterocycles. The molecular weight excluding hydrogens is 264 g/mol. The second kappa shape index (κ2) is 5.27. The Bertz CT molecular complexity index is 630. The highest BCUT2D eigenvalue weighted by atomic mass is 16.6. The van der Waals surface area contributed by atoms with Crippen LogP contribution in [0.25, 0.3) is 0 Å². The van der Waals surface area contributed by atoms with Crippen molar-refractivity contribution in [2.75, 3.05) is 5.32 Å². The highest BCUT2D eigenvalue weighted by Crippen LogP contribution is 2.32. The number of hydrogen-bond donors (Lipinski definition) is 1. The first-order valence-corrected chi connectivity index (χ1v) is 6.14. The van der Waals surface area contributed by atoms with Gasteiger partial charge in [0.15, 0.2) is 5.82 Å². The molecule has 0 aromatic carbocycles. The van der Waals surface area contributed by atoms with Crippen LogP contribution in [0.5, 0.6) is 0 Å². The summed E-state index contributed by atoms with van der Waals surface area (Å²) in [6.07, 6.45) is 0. The van der Waals surface area contributed by atoms with Gasteiger partial charge < -0.3 is 9.84 Å². The predicted molar refractivity (Wildman–Crippen MR) is 70.3 cm³/mol. The van der Waals surface area contributed by atoms with Crippen molar-refractivity contribution in [3.8, 4) is 0 Å². The summed E-state index contributed by atoms with van der Waals surface area (Å²) in [5.74, 6) is 1.18. The van der Waals surface area contributed by atoms with E-state index in [4.69, 9.17) is 4.52 Å². The fourth-order valence-corrected chi connectivity index (χ4v) is 1.88. The lowest BCUT2D eigenvalue weighted by Crippen LogP contribution is -2.07. The van der Waals surface area contributed by atoms with Crippen LogP contribution >= 0.6 is 0 Å². The molecular formula is C11H16N6O3. The minimum absolute atomic E-state index is 0.0114. The van der Waals surface area contributed by atoms with Gasteiger partial charge in [0.2, 0.25) is 11.7 Å². The average Bonchev–Trinajstić information content (AvgIpc) is 2.90. The SMILES string of the molecule is Cc1nc(CNc2c([N+](=O)[O-])c(C(C)C)nn2C)no1. The van der Waals surface area contributed by atoms with Gasteiger partial charge in [-0.2, -0.15) is 10.1 Å². The zero-order valence-corrected chi connectivity index (χ0v) is 11.7. The molecule has 0 fully saturated rings. The topological polar surface area (TPSA) is 112 Å². The third-order valence-corrected chi connectivity index (χ3v) is 2.76. The summed E-state index contributed by atoms with van der Waals surface area (Å²) in [5, 5.41) is 22.1. The van der Waals surface area contributed by atoms with Crippen molar-refractivity contribution in [1.82, 2.24) is 19.9 Å². The van der Waals surface area contributed by atoms with E-state index in [0.717, 1.165) is 0 Å². The molecule has 0 spiro atoms. The van der Waals surface area contributed by atoms with E-state index in [-0.39, 0.29) is 18.2 Å². The van der Waals surface area contributed by atoms with Crippen LogP contribution in [0, 0.1) is 17.0 Å². The Morgan fingerprint density at radius 3 is 2.70 bits per heavy atom. The molecule has 0 unspecified atom stereocenters. The molecule has 1 N–H and O–H groups in total. The van der Waals surface area contributed by atoms with Crippen LogP contribution in [0.4, 0.5) is 11.5 Å². The number of nitrogens with one attached hydrogen (secondary N) is 1. The van der Waals surface area contributed by atoms with Gasteiger partial charge in [0, 0.05) is 19.9 Å². The number of nitro groups is 1. The first kappa shape index (κ1) is 14.0. The lowest BCUT2D eigenvalue weighted by Gasteiger charge is -2.03. The van der Waals surface area contributed by atoms with Crippen LogP contribution in [-0.4, -0.2) is 24.8 Å². The average molecular weight is 280 g/mol. The molecule has 0 saturated carbocycles. The van der Waals surface area contributed by atoms with Crippen molar-refractivity contribution >= 4 is 11.5 Å². The Hall–Kier alpha value is -2.45. The number of hydrogen-bond acceptors (Lipinski definition) is 7. The second-order valence-corrected chi connectivity index (χ2v) is 4.70. The van der Waals surface area contributed by atoms with E-state index in [0.29, 0.717) is 23.2 Å². The summed E-state index contributed by atoms with van der Waals surface area (Å²) < 4.78 is 6.31. The Morgan fingerprint density at radius 2 is 2.20 bits per heavy atom. The molecule has 20 heavy (non-hydrogen) atoms. The van der Waals surface area contributed by atoms with Crippen molar-refractivity contribution in [3.05, 3.63) is 27.5 Å². The van der Waals surface area contributed by atoms with Gasteiger partial charge in [0.1, 0.15) is 5.69 Å². The summed E-state index contributed by atoms with van der Waals surface area (Å²) in [4.78, 5) is 14.8. The molecule has 0 atom stereocenters. The van der Waals surface area contributed by atoms with Gasteiger partial charge in [0.05, 0.1) is 11.5 Å². The molecule has 0 aliphatic rings. The molecule has 0 saturated heterocycles. The Labute approximate surface area is 115 Å². The normalized spacial score (nSPS) is 11.1. The van der Waals surface area contributed by atoms with E-state index in [1.165, 1.54) is 4.68 Å². The third kappa shape index (κ3) is 2.60. The van der Waals surface area contributed by atoms with Crippen LogP contribution in [0.1, 0.15) is 37.2 Å². The van der Waals surface area contributed by atoms with Crippen molar-refractivity contribution in [1.29, 1.82) is 0 Å². The van der Waals surface area contributed by atoms with E-state index in [2.05, 4.69) is 20.6 Å². The minimum atomic E-state index is -0.424. The van der Waals surface area contributed by atoms with Gasteiger partial charge in [-0.15, -0.1) is 0 Å². The molecule has 0 bridgehead atoms. The molecule has 0 amide bonds. The molecule has 108 valence electrons. The molecule has 0 radical (unpaired) electrons. The van der Waals surface area contributed by atoms with Gasteiger partial charge >= 0.3 is 5.69 Å². The standard InChI is InChI=1S/C11H16N6O3/c1-6(2)9-10(17(18)19)11(16(4)14-9)12-5-8-13-7(3)20-15-8/h6,12H,5H2,1-4H3. The zero-order chi connectivity index (χ0) is 14.9. The molecule has 0 aliphatic heterocycles. The van der Waals surface area contributed by atoms with E-state index < -0.39 is 4.92 Å². The minimum Gasteiger partial charge on any atom is -0.357 e. The Balaban J connectivity index is 2.28. The van der Waals surface area contributed by atoms with E-state index in [1.54, 1.807) is 14.0 Å². The third-order valence-electron chi connectivity index (χ3n) is 2.76. The predicted octanol–water partition coefficient (Wildman–Crippen LogP) is 1.76. The number of aromatic nitrogens is 4. The van der Waals surface area contributed by atoms with Gasteiger partial charge in [-0.25, -0.2) is 4.68 Å². The second-order valence-electron chi connectivity index (χ2n) is 4.70. The van der Waals surface area contributed by atoms with E-state index >= 15 is 0 Å². The largest absolute Gasteiger partial charge is 0.357 e. The maximum Gasteiger partial charge on any atom is 0.334 e. The summed E-state index contributed by atoms with van der Waals surface area (Å²) in [6, 6.07) is 0. The molecule has 2 aromatic rings. The molecule has 2 heterocycles. The Kier molecular flexibility index (Phi) is 3.68. The fraction of sp³-hybridized carbons (Fsp3) is 0.545. The summed E-state index contributed by atoms with van der Waals surface area (Å²) in [7, 11) is 1.66. The van der Waals surface area contributed by atoms with Crippen molar-refractivity contribution in [2.24, 2.45) is 7.05 Å². The van der Waals surface area contributed by atoms with Crippen LogP contribution in [0.15, 0.2) is 4.52 Å². The zero-order valence-electron chi connectivity index (χ0n) is 11.7. The summed E-state index contributed by atoms with van der Waals surface area (Å²) in [5.41, 5.74) is 0.437. The maximum atomic E-state index is 11.2. The smallest absolute Gasteiger partial charge is 0.334 e. The fourth-order valence-electron chi connectivity index (χ4n) is 1.88. The number of anilines is 1. The molecule has 0 aliphatic carbocycles. The monoisotopic (exact) mass is 280 g/mol. The van der Waals surface area contributed by atoms with Crippen molar-refractivity contribution < 1.29 is 9.45 Å². The number of nitrogens with zero attached hydrogens (tertiary/aromatic N) is 5. The maximum absolute atomic E-state index is 11.2. The van der Waals surface area contributed by atoms with Crippen molar-refractivity contribution in [2.45, 2.75) is 33.2 Å². The quantitative estimate of drug-likeness (QED) is 0.655. The van der Waals surface area contributed by atoms with Gasteiger partial charge in [0.25, 0.3) is 0 Å². The van der Waals surface area contributed by atoms with Crippen LogP contribution in [0.2, 0.25) is 0 Å². The van der Waals surface area contributed by atoms with E-state index in [9.17, 15) is 10.1 Å². The number of aryl methyl sites for hydroxylation is 2.